The molecule has 1 N–H and O–H groups in total. The first-order valence-corrected chi connectivity index (χ1v) is 10.2. The van der Waals surface area contributed by atoms with E-state index in [0.717, 1.165) is 0 Å². The Morgan fingerprint density at radius 1 is 1.20 bits per heavy atom. The molecule has 0 spiro atoms. The molecular formula is C22H24FN3O3S. The molecule has 30 heavy (non-hydrogen) atoms. The quantitative estimate of drug-likeness (QED) is 0.653. The second kappa shape index (κ2) is 9.67. The highest BCUT2D eigenvalue weighted by Gasteiger charge is 2.41. The Morgan fingerprint density at radius 2 is 1.90 bits per heavy atom. The molecule has 3 rings (SSSR count). The molecular weight excluding hydrogens is 405 g/mol. The third-order valence-electron chi connectivity index (χ3n) is 4.93. The summed E-state index contributed by atoms with van der Waals surface area (Å²) in [7, 11) is 1.59. The van der Waals surface area contributed by atoms with E-state index in [0.29, 0.717) is 41.7 Å². The van der Waals surface area contributed by atoms with Gasteiger partial charge in [0.2, 0.25) is 5.91 Å². The molecule has 8 heteroatoms. The van der Waals surface area contributed by atoms with Crippen molar-refractivity contribution >= 4 is 34.8 Å². The van der Waals surface area contributed by atoms with Crippen LogP contribution in [0.2, 0.25) is 0 Å². The highest BCUT2D eigenvalue weighted by Crippen LogP contribution is 2.22. The number of ether oxygens (including phenoxy) is 1. The second-order valence-electron chi connectivity index (χ2n) is 6.94. The van der Waals surface area contributed by atoms with Crippen molar-refractivity contribution in [3.05, 3.63) is 59.9 Å². The Balaban J connectivity index is 1.65. The molecule has 0 unspecified atom stereocenters. The fourth-order valence-electron chi connectivity index (χ4n) is 3.36. The Labute approximate surface area is 180 Å². The lowest BCUT2D eigenvalue weighted by Crippen LogP contribution is -2.39. The number of nitrogens with one attached hydrogen (secondary N) is 1. The summed E-state index contributed by atoms with van der Waals surface area (Å²) in [4.78, 5) is 28.3. The van der Waals surface area contributed by atoms with Crippen LogP contribution in [-0.4, -0.2) is 53.0 Å². The first-order valence-electron chi connectivity index (χ1n) is 9.75. The highest BCUT2D eigenvalue weighted by molar-refractivity contribution is 7.80. The predicted octanol–water partition coefficient (Wildman–Crippen LogP) is 3.22. The zero-order chi connectivity index (χ0) is 21.7. The average molecular weight is 430 g/mol. The van der Waals surface area contributed by atoms with Crippen LogP contribution in [0.25, 0.3) is 0 Å². The summed E-state index contributed by atoms with van der Waals surface area (Å²) in [6.45, 7) is 2.80. The minimum Gasteiger partial charge on any atom is -0.494 e. The SMILES string of the molecule is CCOc1ccc(NC(=O)C[C@H]2C(=O)N(C)C(=S)N2CCc2ccccc2F)cc1. The molecule has 2 aromatic rings. The Hall–Kier alpha value is -3.00. The van der Waals surface area contributed by atoms with Crippen molar-refractivity contribution in [2.45, 2.75) is 25.8 Å². The van der Waals surface area contributed by atoms with Crippen LogP contribution in [0.1, 0.15) is 18.9 Å². The zero-order valence-corrected chi connectivity index (χ0v) is 17.7. The van der Waals surface area contributed by atoms with Gasteiger partial charge in [-0.25, -0.2) is 4.39 Å². The molecule has 0 saturated carbocycles. The van der Waals surface area contributed by atoms with Crippen molar-refractivity contribution < 1.29 is 18.7 Å². The van der Waals surface area contributed by atoms with Crippen molar-refractivity contribution in [3.8, 4) is 5.75 Å². The van der Waals surface area contributed by atoms with Crippen LogP contribution in [-0.2, 0) is 16.0 Å². The number of halogens is 1. The van der Waals surface area contributed by atoms with Gasteiger partial charge < -0.3 is 15.0 Å². The maximum Gasteiger partial charge on any atom is 0.251 e. The lowest BCUT2D eigenvalue weighted by Gasteiger charge is -2.23. The Kier molecular flexibility index (Phi) is 6.99. The fraction of sp³-hybridized carbons (Fsp3) is 0.318. The van der Waals surface area contributed by atoms with E-state index in [2.05, 4.69) is 5.32 Å². The van der Waals surface area contributed by atoms with E-state index >= 15 is 0 Å². The molecule has 1 aliphatic heterocycles. The molecule has 6 nitrogen and oxygen atoms in total. The van der Waals surface area contributed by atoms with E-state index in [1.807, 2.05) is 6.92 Å². The molecule has 1 aliphatic rings. The molecule has 0 radical (unpaired) electrons. The van der Waals surface area contributed by atoms with Crippen LogP contribution >= 0.6 is 12.2 Å². The third kappa shape index (κ3) is 4.94. The van der Waals surface area contributed by atoms with Gasteiger partial charge in [0, 0.05) is 19.3 Å². The Morgan fingerprint density at radius 3 is 2.57 bits per heavy atom. The molecule has 0 aliphatic carbocycles. The summed E-state index contributed by atoms with van der Waals surface area (Å²) < 4.78 is 19.3. The maximum atomic E-state index is 13.9. The van der Waals surface area contributed by atoms with Gasteiger partial charge in [-0.2, -0.15) is 0 Å². The third-order valence-corrected chi connectivity index (χ3v) is 5.44. The van der Waals surface area contributed by atoms with Crippen LogP contribution < -0.4 is 10.1 Å². The number of benzene rings is 2. The van der Waals surface area contributed by atoms with Gasteiger partial charge in [-0.15, -0.1) is 0 Å². The smallest absolute Gasteiger partial charge is 0.251 e. The van der Waals surface area contributed by atoms with Gasteiger partial charge in [-0.05, 0) is 61.5 Å². The van der Waals surface area contributed by atoms with Gasteiger partial charge in [0.15, 0.2) is 5.11 Å². The van der Waals surface area contributed by atoms with Gasteiger partial charge in [0.1, 0.15) is 17.6 Å². The summed E-state index contributed by atoms with van der Waals surface area (Å²) in [5, 5.41) is 3.14. The number of carbonyl (C=O) groups is 2. The van der Waals surface area contributed by atoms with E-state index < -0.39 is 6.04 Å². The van der Waals surface area contributed by atoms with Crippen LogP contribution in [0.3, 0.4) is 0 Å². The lowest BCUT2D eigenvalue weighted by atomic mass is 10.1. The van der Waals surface area contributed by atoms with Gasteiger partial charge in [0.25, 0.3) is 5.91 Å². The topological polar surface area (TPSA) is 61.9 Å². The largest absolute Gasteiger partial charge is 0.494 e. The van der Waals surface area contributed by atoms with Crippen LogP contribution in [0.15, 0.2) is 48.5 Å². The van der Waals surface area contributed by atoms with Crippen molar-refractivity contribution in [3.63, 3.8) is 0 Å². The van der Waals surface area contributed by atoms with Crippen LogP contribution in [0.5, 0.6) is 5.75 Å². The average Bonchev–Trinajstić information content (AvgIpc) is 2.93. The number of hydrogen-bond acceptors (Lipinski definition) is 4. The molecule has 1 fully saturated rings. The summed E-state index contributed by atoms with van der Waals surface area (Å²) in [6.07, 6.45) is 0.332. The highest BCUT2D eigenvalue weighted by atomic mass is 32.1. The number of anilines is 1. The molecule has 2 amide bonds. The zero-order valence-electron chi connectivity index (χ0n) is 16.9. The van der Waals surface area contributed by atoms with Gasteiger partial charge >= 0.3 is 0 Å². The fourth-order valence-corrected chi connectivity index (χ4v) is 3.67. The van der Waals surface area contributed by atoms with E-state index in [1.165, 1.54) is 11.0 Å². The number of nitrogens with zero attached hydrogens (tertiary/aromatic N) is 2. The lowest BCUT2D eigenvalue weighted by molar-refractivity contribution is -0.130. The number of hydrogen-bond donors (Lipinski definition) is 1. The van der Waals surface area contributed by atoms with Crippen molar-refractivity contribution in [1.82, 2.24) is 9.80 Å². The molecule has 2 aromatic carbocycles. The standard InChI is InChI=1S/C22H24FN3O3S/c1-3-29-17-10-8-16(9-11-17)24-20(27)14-19-21(28)25(2)22(30)26(19)13-12-15-6-4-5-7-18(15)23/h4-11,19H,3,12-14H2,1-2H3,(H,24,27)/t19-/m0/s1. The normalized spacial score (nSPS) is 16.2. The molecule has 0 aromatic heterocycles. The van der Waals surface area contributed by atoms with Gasteiger partial charge in [-0.1, -0.05) is 18.2 Å². The number of rotatable bonds is 8. The first-order chi connectivity index (χ1) is 14.4. The van der Waals surface area contributed by atoms with Crippen LogP contribution in [0.4, 0.5) is 10.1 Å². The number of amides is 2. The van der Waals surface area contributed by atoms with Crippen molar-refractivity contribution in [1.29, 1.82) is 0 Å². The minimum absolute atomic E-state index is 0.0478. The van der Waals surface area contributed by atoms with E-state index in [9.17, 15) is 14.0 Å². The number of carbonyl (C=O) groups excluding carboxylic acids is 2. The predicted molar refractivity (Wildman–Crippen MR) is 117 cm³/mol. The van der Waals surface area contributed by atoms with Gasteiger partial charge in [-0.3, -0.25) is 14.5 Å². The van der Waals surface area contributed by atoms with Gasteiger partial charge in [0.05, 0.1) is 13.0 Å². The Bertz CT molecular complexity index is 935. The number of thiocarbonyl (C=S) groups is 1. The summed E-state index contributed by atoms with van der Waals surface area (Å²) in [6, 6.07) is 12.8. The van der Waals surface area contributed by atoms with E-state index in [1.54, 1.807) is 54.4 Å². The molecule has 1 saturated heterocycles. The molecule has 1 atom stereocenters. The first kappa shape index (κ1) is 21.7. The van der Waals surface area contributed by atoms with Crippen molar-refractivity contribution in [2.24, 2.45) is 0 Å². The summed E-state index contributed by atoms with van der Waals surface area (Å²) in [5.74, 6) is -0.123. The van der Waals surface area contributed by atoms with Crippen LogP contribution in [0, 0.1) is 5.82 Å². The summed E-state index contributed by atoms with van der Waals surface area (Å²) in [5.41, 5.74) is 1.16. The molecule has 0 bridgehead atoms. The molecule has 1 heterocycles. The second-order valence-corrected chi connectivity index (χ2v) is 7.31. The monoisotopic (exact) mass is 429 g/mol. The summed E-state index contributed by atoms with van der Waals surface area (Å²) >= 11 is 5.38. The maximum absolute atomic E-state index is 13.9. The van der Waals surface area contributed by atoms with E-state index in [4.69, 9.17) is 17.0 Å². The molecule has 158 valence electrons. The number of likely N-dealkylation sites (N-methyl/N-ethyl adjacent to an activating group) is 1. The van der Waals surface area contributed by atoms with Crippen molar-refractivity contribution in [2.75, 3.05) is 25.5 Å². The minimum atomic E-state index is -0.711. The van der Waals surface area contributed by atoms with E-state index in [-0.39, 0.29) is 24.1 Å².